The first-order valence-electron chi connectivity index (χ1n) is 11.1. The van der Waals surface area contributed by atoms with Gasteiger partial charge in [-0.1, -0.05) is 13.3 Å². The molecule has 0 radical (unpaired) electrons. The van der Waals surface area contributed by atoms with Gasteiger partial charge < -0.3 is 19.9 Å². The number of aromatic carboxylic acids is 1. The molecule has 0 bridgehead atoms. The highest BCUT2D eigenvalue weighted by atomic mass is 19.1. The van der Waals surface area contributed by atoms with Crippen LogP contribution in [0.25, 0.3) is 10.9 Å². The van der Waals surface area contributed by atoms with E-state index in [0.717, 1.165) is 62.8 Å². The largest absolute Gasteiger partial charge is 0.477 e. The highest BCUT2D eigenvalue weighted by Gasteiger charge is 2.37. The number of nitrogens with zero attached hydrogens (tertiary/aromatic N) is 2. The minimum atomic E-state index is -1.26. The molecule has 2 N–H and O–H groups in total. The predicted octanol–water partition coefficient (Wildman–Crippen LogP) is 3.31. The molecule has 0 amide bonds. The molecule has 2 aliphatic heterocycles. The molecule has 1 aliphatic carbocycles. The minimum Gasteiger partial charge on any atom is -0.477 e. The van der Waals surface area contributed by atoms with Crippen molar-refractivity contribution < 1.29 is 14.3 Å². The molecule has 1 aromatic heterocycles. The van der Waals surface area contributed by atoms with Gasteiger partial charge >= 0.3 is 5.97 Å². The quantitative estimate of drug-likeness (QED) is 0.787. The van der Waals surface area contributed by atoms with Crippen molar-refractivity contribution in [3.63, 3.8) is 0 Å². The maximum atomic E-state index is 15.5. The van der Waals surface area contributed by atoms with Crippen LogP contribution in [0.4, 0.5) is 10.1 Å². The summed E-state index contributed by atoms with van der Waals surface area (Å²) >= 11 is 0. The van der Waals surface area contributed by atoms with Gasteiger partial charge in [0.25, 0.3) is 0 Å². The number of carboxylic acids is 1. The van der Waals surface area contributed by atoms with E-state index in [9.17, 15) is 14.7 Å². The second-order valence-electron chi connectivity index (χ2n) is 9.02. The molecule has 0 spiro atoms. The summed E-state index contributed by atoms with van der Waals surface area (Å²) in [5, 5.41) is 13.3. The van der Waals surface area contributed by atoms with Crippen LogP contribution in [0.2, 0.25) is 0 Å². The number of aryl methyl sites for hydroxylation is 1. The van der Waals surface area contributed by atoms with Gasteiger partial charge in [-0.05, 0) is 50.6 Å². The number of nitrogens with one attached hydrogen (secondary N) is 1. The lowest BCUT2D eigenvalue weighted by Crippen LogP contribution is -2.40. The summed E-state index contributed by atoms with van der Waals surface area (Å²) in [6.45, 7) is 4.65. The van der Waals surface area contributed by atoms with Crippen LogP contribution in [0.3, 0.4) is 0 Å². The Balaban J connectivity index is 1.74. The first-order chi connectivity index (χ1) is 14.5. The summed E-state index contributed by atoms with van der Waals surface area (Å²) in [7, 11) is 0. The Morgan fingerprint density at radius 2 is 2.10 bits per heavy atom. The number of fused-ring (bicyclic) bond motifs is 2. The SMILES string of the molecule is CCCc1c(N2C[C@@H]3CCCN[C@@H]3C2)c(F)cc2c(=O)c(C(=O)O)cn(C3CC3)c12. The smallest absolute Gasteiger partial charge is 0.341 e. The van der Waals surface area contributed by atoms with E-state index < -0.39 is 17.2 Å². The Bertz CT molecular complexity index is 1060. The van der Waals surface area contributed by atoms with Crippen molar-refractivity contribution in [2.75, 3.05) is 24.5 Å². The van der Waals surface area contributed by atoms with Crippen molar-refractivity contribution in [3.8, 4) is 0 Å². The fraction of sp³-hybridized carbons (Fsp3) is 0.565. The highest BCUT2D eigenvalue weighted by molar-refractivity contribution is 5.95. The van der Waals surface area contributed by atoms with E-state index in [1.807, 2.05) is 4.57 Å². The molecule has 3 heterocycles. The Morgan fingerprint density at radius 1 is 1.30 bits per heavy atom. The molecule has 7 heteroatoms. The molecule has 2 atom stereocenters. The first kappa shape index (κ1) is 19.5. The van der Waals surface area contributed by atoms with Crippen molar-refractivity contribution in [2.24, 2.45) is 5.92 Å². The van der Waals surface area contributed by atoms with Crippen molar-refractivity contribution >= 4 is 22.6 Å². The number of hydrogen-bond donors (Lipinski definition) is 2. The highest BCUT2D eigenvalue weighted by Crippen LogP contribution is 2.42. The predicted molar refractivity (Wildman–Crippen MR) is 114 cm³/mol. The molecule has 1 aromatic carbocycles. The van der Waals surface area contributed by atoms with Gasteiger partial charge in [-0.15, -0.1) is 0 Å². The van der Waals surface area contributed by atoms with E-state index in [-0.39, 0.29) is 17.0 Å². The molecule has 30 heavy (non-hydrogen) atoms. The molecular weight excluding hydrogens is 385 g/mol. The molecule has 160 valence electrons. The number of anilines is 1. The zero-order valence-corrected chi connectivity index (χ0v) is 17.3. The number of rotatable bonds is 5. The van der Waals surface area contributed by atoms with Crippen LogP contribution in [0, 0.1) is 11.7 Å². The van der Waals surface area contributed by atoms with Gasteiger partial charge in [-0.2, -0.15) is 0 Å². The van der Waals surface area contributed by atoms with Crippen LogP contribution in [-0.4, -0.2) is 41.3 Å². The topological polar surface area (TPSA) is 74.6 Å². The summed E-state index contributed by atoms with van der Waals surface area (Å²) in [5.74, 6) is -1.15. The maximum absolute atomic E-state index is 15.5. The maximum Gasteiger partial charge on any atom is 0.341 e. The Morgan fingerprint density at radius 3 is 2.77 bits per heavy atom. The number of hydrogen-bond acceptors (Lipinski definition) is 4. The van der Waals surface area contributed by atoms with Crippen molar-refractivity contribution in [2.45, 2.75) is 57.5 Å². The van der Waals surface area contributed by atoms with Crippen LogP contribution in [0.1, 0.15) is 61.0 Å². The van der Waals surface area contributed by atoms with E-state index in [0.29, 0.717) is 24.1 Å². The van der Waals surface area contributed by atoms with Gasteiger partial charge in [0, 0.05) is 42.3 Å². The Labute approximate surface area is 174 Å². The van der Waals surface area contributed by atoms with Crippen LogP contribution >= 0.6 is 0 Å². The number of halogens is 1. The summed E-state index contributed by atoms with van der Waals surface area (Å²) in [4.78, 5) is 26.7. The van der Waals surface area contributed by atoms with E-state index in [2.05, 4.69) is 17.1 Å². The summed E-state index contributed by atoms with van der Waals surface area (Å²) in [6, 6.07) is 1.85. The fourth-order valence-electron chi connectivity index (χ4n) is 5.41. The Kier molecular flexibility index (Phi) is 4.81. The van der Waals surface area contributed by atoms with Crippen molar-refractivity contribution in [3.05, 3.63) is 39.4 Å². The van der Waals surface area contributed by atoms with E-state index in [1.54, 1.807) is 0 Å². The van der Waals surface area contributed by atoms with Crippen molar-refractivity contribution in [1.82, 2.24) is 9.88 Å². The molecule has 1 saturated carbocycles. The lowest BCUT2D eigenvalue weighted by molar-refractivity contribution is 0.0695. The molecule has 3 aliphatic rings. The third kappa shape index (κ3) is 3.11. The number of carboxylic acid groups (broad SMARTS) is 1. The number of benzene rings is 1. The van der Waals surface area contributed by atoms with Gasteiger partial charge in [0.1, 0.15) is 11.4 Å². The molecular formula is C23H28FN3O3. The second kappa shape index (κ2) is 7.38. The lowest BCUT2D eigenvalue weighted by Gasteiger charge is -2.26. The third-order valence-corrected chi connectivity index (χ3v) is 6.93. The molecule has 5 rings (SSSR count). The van der Waals surface area contributed by atoms with Crippen LogP contribution < -0.4 is 15.6 Å². The fourth-order valence-corrected chi connectivity index (χ4v) is 5.41. The lowest BCUT2D eigenvalue weighted by atomic mass is 9.94. The van der Waals surface area contributed by atoms with Gasteiger partial charge in [-0.25, -0.2) is 9.18 Å². The van der Waals surface area contributed by atoms with Gasteiger partial charge in [-0.3, -0.25) is 4.79 Å². The van der Waals surface area contributed by atoms with Crippen molar-refractivity contribution in [1.29, 1.82) is 0 Å². The molecule has 2 aromatic rings. The average molecular weight is 413 g/mol. The summed E-state index contributed by atoms with van der Waals surface area (Å²) in [6.07, 6.45) is 7.17. The zero-order chi connectivity index (χ0) is 21.0. The average Bonchev–Trinajstić information content (AvgIpc) is 3.47. The number of carbonyl (C=O) groups is 1. The molecule has 3 fully saturated rings. The van der Waals surface area contributed by atoms with E-state index in [1.165, 1.54) is 12.3 Å². The van der Waals surface area contributed by atoms with Crippen LogP contribution in [-0.2, 0) is 6.42 Å². The minimum absolute atomic E-state index is 0.183. The van der Waals surface area contributed by atoms with E-state index in [4.69, 9.17) is 0 Å². The number of pyridine rings is 1. The zero-order valence-electron chi connectivity index (χ0n) is 17.3. The first-order valence-corrected chi connectivity index (χ1v) is 11.1. The molecule has 2 saturated heterocycles. The van der Waals surface area contributed by atoms with E-state index >= 15 is 4.39 Å². The number of piperidine rings is 1. The molecule has 6 nitrogen and oxygen atoms in total. The van der Waals surface area contributed by atoms with Crippen LogP contribution in [0.5, 0.6) is 0 Å². The number of aromatic nitrogens is 1. The summed E-state index contributed by atoms with van der Waals surface area (Å²) in [5.41, 5.74) is 1.33. The summed E-state index contributed by atoms with van der Waals surface area (Å²) < 4.78 is 17.5. The van der Waals surface area contributed by atoms with Crippen LogP contribution in [0.15, 0.2) is 17.1 Å². The third-order valence-electron chi connectivity index (χ3n) is 6.93. The van der Waals surface area contributed by atoms with Gasteiger partial charge in [0.05, 0.1) is 11.2 Å². The normalized spacial score (nSPS) is 23.7. The van der Waals surface area contributed by atoms with Gasteiger partial charge in [0.15, 0.2) is 0 Å². The Hall–Kier alpha value is -2.41. The second-order valence-corrected chi connectivity index (χ2v) is 9.02. The standard InChI is InChI=1S/C23H28FN3O3/c1-2-4-15-20-16(22(28)17(23(29)30)11-27(20)14-6-7-14)9-18(24)21(15)26-10-13-5-3-8-25-19(13)12-26/h9,11,13-14,19,25H,2-8,10,12H2,1H3,(H,29,30)/t13-,19+/m0/s1. The monoisotopic (exact) mass is 413 g/mol. The van der Waals surface area contributed by atoms with Gasteiger partial charge in [0.2, 0.25) is 5.43 Å². The molecule has 0 unspecified atom stereocenters.